The number of amides is 1. The number of alkyl halides is 6. The second-order valence-corrected chi connectivity index (χ2v) is 13.0. The first kappa shape index (κ1) is 40.7. The van der Waals surface area contributed by atoms with Crippen LogP contribution < -0.4 is 16.7 Å². The first-order valence-electron chi connectivity index (χ1n) is 16.8. The summed E-state index contributed by atoms with van der Waals surface area (Å²) in [5, 5.41) is 52.9. The van der Waals surface area contributed by atoms with Gasteiger partial charge in [0, 0.05) is 45.7 Å². The second kappa shape index (κ2) is 16.9. The van der Waals surface area contributed by atoms with Gasteiger partial charge in [0.05, 0.1) is 17.7 Å². The zero-order valence-electron chi connectivity index (χ0n) is 28.8. The third-order valence-electron chi connectivity index (χ3n) is 9.29. The molecule has 0 radical (unpaired) electrons. The highest BCUT2D eigenvalue weighted by molar-refractivity contribution is 6.59. The quantitative estimate of drug-likeness (QED) is 0.0542. The number of aliphatic hydroxyl groups excluding tert-OH is 1. The normalized spacial score (nSPS) is 12.3. The van der Waals surface area contributed by atoms with Crippen molar-refractivity contribution in [1.29, 1.82) is 0 Å². The fourth-order valence-corrected chi connectivity index (χ4v) is 6.76. The van der Waals surface area contributed by atoms with E-state index in [4.69, 9.17) is 5.73 Å². The maximum Gasteiger partial charge on any atom is 0.488 e. The van der Waals surface area contributed by atoms with Gasteiger partial charge in [0.2, 0.25) is 5.91 Å². The van der Waals surface area contributed by atoms with Crippen molar-refractivity contribution in [2.75, 3.05) is 19.7 Å². The molecule has 5 rings (SSSR count). The van der Waals surface area contributed by atoms with E-state index < -0.39 is 43.6 Å². The van der Waals surface area contributed by atoms with Gasteiger partial charge < -0.3 is 30.9 Å². The van der Waals surface area contributed by atoms with Crippen molar-refractivity contribution in [1.82, 2.24) is 9.80 Å². The number of aliphatic hydroxyl groups is 1. The van der Waals surface area contributed by atoms with Gasteiger partial charge in [0.1, 0.15) is 0 Å². The highest BCUT2D eigenvalue weighted by Crippen LogP contribution is 2.36. The molecular weight excluding hydrogens is 718 g/mol. The molecule has 9 nitrogen and oxygen atoms in total. The van der Waals surface area contributed by atoms with Gasteiger partial charge >= 0.3 is 26.6 Å². The summed E-state index contributed by atoms with van der Waals surface area (Å²) in [5.41, 5.74) is 4.70. The molecule has 0 aliphatic carbocycles. The molecule has 7 N–H and O–H groups in total. The van der Waals surface area contributed by atoms with Crippen LogP contribution in [0.4, 0.5) is 26.3 Å². The maximum atomic E-state index is 13.7. The molecule has 0 aliphatic rings. The molecule has 5 aromatic rings. The van der Waals surface area contributed by atoms with Crippen molar-refractivity contribution in [2.45, 2.75) is 45.0 Å². The Balaban J connectivity index is 1.61. The Labute approximate surface area is 307 Å². The minimum absolute atomic E-state index is 0.00515. The van der Waals surface area contributed by atoms with Crippen molar-refractivity contribution in [3.05, 3.63) is 118 Å². The topological polar surface area (TPSA) is 151 Å². The molecule has 0 atom stereocenters. The van der Waals surface area contributed by atoms with E-state index in [1.807, 2.05) is 24.3 Å². The molecule has 0 aliphatic heterocycles. The molecule has 0 saturated carbocycles. The van der Waals surface area contributed by atoms with Crippen LogP contribution in [0.2, 0.25) is 0 Å². The van der Waals surface area contributed by atoms with Gasteiger partial charge in [-0.1, -0.05) is 72.8 Å². The van der Waals surface area contributed by atoms with Crippen LogP contribution in [0, 0.1) is 0 Å². The van der Waals surface area contributed by atoms with Crippen LogP contribution in [-0.2, 0) is 43.3 Å². The van der Waals surface area contributed by atoms with E-state index in [1.54, 1.807) is 34.1 Å². The van der Waals surface area contributed by atoms with Gasteiger partial charge in [-0.2, -0.15) is 26.3 Å². The fraction of sp³-hybridized carbons (Fsp3) is 0.270. The predicted molar refractivity (Wildman–Crippen MR) is 193 cm³/mol. The SMILES string of the molecule is NC(=O)CCN(Cc1cc(C(F)(F)F)ccc1B(O)O)Cc1c2ccccc2c(CN(CCO)Cc2cc(C(F)(F)F)ccc2B(O)O)c2ccccc12. The number of fused-ring (bicyclic) bond motifs is 2. The standard InChI is InChI=1S/C37H37B2F6N3O6/c40-36(41,42)25-9-11-33(38(51)52)23(17-25)19-47(14-13-35(46)50)21-31-27-5-1-3-7-29(27)32(30-8-4-2-6-28(30)31)22-48(15-16-49)20-24-18-26(37(43,44)45)10-12-34(24)39(53)54/h1-12,17-18,49,51-54H,13-16,19-22H2,(H2,46,50). The van der Waals surface area contributed by atoms with E-state index in [9.17, 15) is 56.3 Å². The van der Waals surface area contributed by atoms with Gasteiger partial charge in [0.15, 0.2) is 0 Å². The molecule has 0 unspecified atom stereocenters. The van der Waals surface area contributed by atoms with Crippen molar-refractivity contribution in [3.63, 3.8) is 0 Å². The highest BCUT2D eigenvalue weighted by Gasteiger charge is 2.33. The molecular formula is C37H37B2F6N3O6. The molecule has 17 heteroatoms. The lowest BCUT2D eigenvalue weighted by Gasteiger charge is -2.28. The molecule has 1 amide bonds. The van der Waals surface area contributed by atoms with Gasteiger partial charge in [-0.3, -0.25) is 14.6 Å². The average molecular weight is 755 g/mol. The summed E-state index contributed by atoms with van der Waals surface area (Å²) in [6, 6.07) is 19.7. The summed E-state index contributed by atoms with van der Waals surface area (Å²) in [5.74, 6) is -0.654. The van der Waals surface area contributed by atoms with Gasteiger partial charge in [-0.05, 0) is 66.9 Å². The summed E-state index contributed by atoms with van der Waals surface area (Å²) in [6.45, 7) is -0.553. The lowest BCUT2D eigenvalue weighted by Crippen LogP contribution is -2.37. The number of carbonyl (C=O) groups excluding carboxylic acids is 1. The number of carbonyl (C=O) groups is 1. The Morgan fingerprint density at radius 3 is 1.28 bits per heavy atom. The number of halogens is 6. The smallest absolute Gasteiger partial charge is 0.423 e. The minimum atomic E-state index is -4.71. The molecule has 0 bridgehead atoms. The molecule has 0 aromatic heterocycles. The van der Waals surface area contributed by atoms with Gasteiger partial charge in [-0.15, -0.1) is 0 Å². The summed E-state index contributed by atoms with van der Waals surface area (Å²) >= 11 is 0. The van der Waals surface area contributed by atoms with Crippen LogP contribution in [0.1, 0.15) is 39.8 Å². The van der Waals surface area contributed by atoms with E-state index in [0.717, 1.165) is 69.1 Å². The van der Waals surface area contributed by atoms with Crippen molar-refractivity contribution in [2.24, 2.45) is 5.73 Å². The first-order valence-corrected chi connectivity index (χ1v) is 16.8. The van der Waals surface area contributed by atoms with Crippen LogP contribution in [0.5, 0.6) is 0 Å². The lowest BCUT2D eigenvalue weighted by molar-refractivity contribution is -0.138. The number of hydrogen-bond donors (Lipinski definition) is 6. The molecule has 54 heavy (non-hydrogen) atoms. The molecule has 0 heterocycles. The molecule has 0 spiro atoms. The van der Waals surface area contributed by atoms with Crippen molar-refractivity contribution >= 4 is 52.6 Å². The van der Waals surface area contributed by atoms with Crippen LogP contribution in [-0.4, -0.2) is 74.8 Å². The van der Waals surface area contributed by atoms with Crippen LogP contribution in [0.25, 0.3) is 21.5 Å². The van der Waals surface area contributed by atoms with E-state index in [-0.39, 0.29) is 74.3 Å². The Hall–Kier alpha value is -4.48. The average Bonchev–Trinajstić information content (AvgIpc) is 3.10. The Kier molecular flexibility index (Phi) is 12.7. The summed E-state index contributed by atoms with van der Waals surface area (Å²) in [7, 11) is -4.12. The fourth-order valence-electron chi connectivity index (χ4n) is 6.76. The van der Waals surface area contributed by atoms with E-state index >= 15 is 0 Å². The Bertz CT molecular complexity index is 2060. The zero-order valence-corrected chi connectivity index (χ0v) is 28.8. The van der Waals surface area contributed by atoms with Crippen LogP contribution >= 0.6 is 0 Å². The summed E-state index contributed by atoms with van der Waals surface area (Å²) in [6.07, 6.45) is -9.55. The summed E-state index contributed by atoms with van der Waals surface area (Å²) < 4.78 is 82.2. The number of rotatable bonds is 15. The molecule has 284 valence electrons. The van der Waals surface area contributed by atoms with Gasteiger partial charge in [-0.25, -0.2) is 0 Å². The van der Waals surface area contributed by atoms with E-state index in [2.05, 4.69) is 0 Å². The van der Waals surface area contributed by atoms with Crippen LogP contribution in [0.15, 0.2) is 84.9 Å². The highest BCUT2D eigenvalue weighted by atomic mass is 19.4. The van der Waals surface area contributed by atoms with Crippen molar-refractivity contribution in [3.8, 4) is 0 Å². The third kappa shape index (κ3) is 9.60. The third-order valence-corrected chi connectivity index (χ3v) is 9.29. The largest absolute Gasteiger partial charge is 0.488 e. The number of nitrogens with zero attached hydrogens (tertiary/aromatic N) is 2. The Morgan fingerprint density at radius 1 is 0.593 bits per heavy atom. The van der Waals surface area contributed by atoms with Crippen molar-refractivity contribution < 1.29 is 56.3 Å². The monoisotopic (exact) mass is 755 g/mol. The second-order valence-electron chi connectivity index (χ2n) is 13.0. The maximum absolute atomic E-state index is 13.7. The first-order chi connectivity index (χ1) is 25.5. The lowest BCUT2D eigenvalue weighted by atomic mass is 9.76. The molecule has 0 saturated heterocycles. The van der Waals surface area contributed by atoms with E-state index in [1.165, 1.54) is 0 Å². The number of primary amides is 1. The number of nitrogens with two attached hydrogens (primary N) is 1. The number of hydrogen-bond acceptors (Lipinski definition) is 8. The number of benzene rings is 5. The predicted octanol–water partition coefficient (Wildman–Crippen LogP) is 3.26. The molecule has 0 fully saturated rings. The minimum Gasteiger partial charge on any atom is -0.423 e. The zero-order chi connectivity index (χ0) is 39.4. The molecule has 5 aromatic carbocycles. The summed E-state index contributed by atoms with van der Waals surface area (Å²) in [4.78, 5) is 15.3. The van der Waals surface area contributed by atoms with Crippen LogP contribution in [0.3, 0.4) is 0 Å². The van der Waals surface area contributed by atoms with Gasteiger partial charge in [0.25, 0.3) is 0 Å². The Morgan fingerprint density at radius 2 is 0.963 bits per heavy atom. The van der Waals surface area contributed by atoms with E-state index in [0.29, 0.717) is 0 Å².